The highest BCUT2D eigenvalue weighted by Gasteiger charge is 2.18. The van der Waals surface area contributed by atoms with Crippen molar-refractivity contribution in [2.75, 3.05) is 13.7 Å². The monoisotopic (exact) mass is 223 g/mol. The lowest BCUT2D eigenvalue weighted by Crippen LogP contribution is -2.36. The van der Waals surface area contributed by atoms with Crippen molar-refractivity contribution < 1.29 is 9.53 Å². The minimum atomic E-state index is -0.147. The molecule has 0 aliphatic rings. The molecule has 0 unspecified atom stereocenters. The quantitative estimate of drug-likeness (QED) is 0.700. The van der Waals surface area contributed by atoms with Crippen LogP contribution in [-0.4, -0.2) is 25.7 Å². The molecule has 3 nitrogen and oxygen atoms in total. The Balaban J connectivity index is 0. The van der Waals surface area contributed by atoms with E-state index < -0.39 is 0 Å². The first-order valence-electron chi connectivity index (χ1n) is 4.95. The Labute approximate surface area is 93.0 Å². The number of ether oxygens (including phenoxy) is 1. The van der Waals surface area contributed by atoms with Gasteiger partial charge in [0.25, 0.3) is 0 Å². The van der Waals surface area contributed by atoms with Gasteiger partial charge in [0.15, 0.2) is 0 Å². The number of halogens is 1. The molecular formula is C10H22ClNO2. The van der Waals surface area contributed by atoms with Crippen molar-refractivity contribution in [3.8, 4) is 0 Å². The van der Waals surface area contributed by atoms with Gasteiger partial charge in [-0.1, -0.05) is 20.8 Å². The molecule has 14 heavy (non-hydrogen) atoms. The van der Waals surface area contributed by atoms with Crippen LogP contribution in [0.3, 0.4) is 0 Å². The summed E-state index contributed by atoms with van der Waals surface area (Å²) in [4.78, 5) is 11.4. The van der Waals surface area contributed by atoms with E-state index in [0.717, 1.165) is 12.8 Å². The maximum Gasteiger partial charge on any atom is 0.323 e. The van der Waals surface area contributed by atoms with Crippen molar-refractivity contribution in [2.24, 2.45) is 5.92 Å². The van der Waals surface area contributed by atoms with E-state index in [-0.39, 0.29) is 24.4 Å². The summed E-state index contributed by atoms with van der Waals surface area (Å²) in [6.07, 6.45) is 1.71. The highest BCUT2D eigenvalue weighted by molar-refractivity contribution is 5.85. The lowest BCUT2D eigenvalue weighted by Gasteiger charge is -2.16. The van der Waals surface area contributed by atoms with E-state index in [9.17, 15) is 4.79 Å². The first kappa shape index (κ1) is 16.2. The zero-order chi connectivity index (χ0) is 10.3. The molecule has 1 N–H and O–H groups in total. The van der Waals surface area contributed by atoms with Gasteiger partial charge in [0, 0.05) is 0 Å². The van der Waals surface area contributed by atoms with E-state index in [4.69, 9.17) is 4.74 Å². The lowest BCUT2D eigenvalue weighted by atomic mass is 10.0. The number of rotatable bonds is 6. The predicted octanol–water partition coefficient (Wildman–Crippen LogP) is 2.00. The molecule has 0 aliphatic heterocycles. The van der Waals surface area contributed by atoms with Crippen LogP contribution in [0.4, 0.5) is 0 Å². The summed E-state index contributed by atoms with van der Waals surface area (Å²) in [5.74, 6) is 0.379. The van der Waals surface area contributed by atoms with Gasteiger partial charge in [-0.3, -0.25) is 4.79 Å². The fraction of sp³-hybridized carbons (Fsp3) is 0.900. The van der Waals surface area contributed by atoms with Crippen LogP contribution in [0.15, 0.2) is 0 Å². The molecule has 0 aromatic carbocycles. The van der Waals surface area contributed by atoms with Crippen molar-refractivity contribution in [1.82, 2.24) is 5.32 Å². The number of carbonyl (C=O) groups excluding carboxylic acids is 1. The number of likely N-dealkylation sites (N-methyl/N-ethyl adjacent to an activating group) is 1. The fourth-order valence-corrected chi connectivity index (χ4v) is 1.11. The second-order valence-electron chi connectivity index (χ2n) is 3.64. The Hall–Kier alpha value is -0.280. The molecule has 86 valence electrons. The Bertz CT molecular complexity index is 151. The Morgan fingerprint density at radius 2 is 2.00 bits per heavy atom. The van der Waals surface area contributed by atoms with Crippen molar-refractivity contribution in [2.45, 2.75) is 39.7 Å². The number of hydrogen-bond donors (Lipinski definition) is 1. The van der Waals surface area contributed by atoms with Crippen LogP contribution in [0.1, 0.15) is 33.6 Å². The van der Waals surface area contributed by atoms with E-state index in [1.807, 2.05) is 6.92 Å². The molecule has 4 heteroatoms. The topological polar surface area (TPSA) is 38.3 Å². The SMILES string of the molecule is CCCOC(=O)[C@H](CC(C)C)NC.Cl. The van der Waals surface area contributed by atoms with E-state index in [1.54, 1.807) is 7.05 Å². The summed E-state index contributed by atoms with van der Waals surface area (Å²) in [5.41, 5.74) is 0. The second-order valence-corrected chi connectivity index (χ2v) is 3.64. The van der Waals surface area contributed by atoms with Crippen LogP contribution >= 0.6 is 12.4 Å². The van der Waals surface area contributed by atoms with E-state index in [2.05, 4.69) is 19.2 Å². The van der Waals surface area contributed by atoms with Gasteiger partial charge in [0.1, 0.15) is 6.04 Å². The number of nitrogens with one attached hydrogen (secondary N) is 1. The standard InChI is InChI=1S/C10H21NO2.ClH/c1-5-6-13-10(12)9(11-4)7-8(2)3;/h8-9,11H,5-7H2,1-4H3;1H/t9-;/m0./s1. The molecule has 0 amide bonds. The van der Waals surface area contributed by atoms with Crippen LogP contribution in [0.25, 0.3) is 0 Å². The molecule has 0 aromatic rings. The molecule has 0 aliphatic carbocycles. The Morgan fingerprint density at radius 3 is 2.36 bits per heavy atom. The molecule has 0 saturated heterocycles. The number of esters is 1. The largest absolute Gasteiger partial charge is 0.465 e. The molecule has 1 atom stereocenters. The van der Waals surface area contributed by atoms with Crippen molar-refractivity contribution in [1.29, 1.82) is 0 Å². The van der Waals surface area contributed by atoms with Gasteiger partial charge in [0.2, 0.25) is 0 Å². The summed E-state index contributed by atoms with van der Waals surface area (Å²) in [7, 11) is 1.79. The molecule has 0 aromatic heterocycles. The fourth-order valence-electron chi connectivity index (χ4n) is 1.11. The predicted molar refractivity (Wildman–Crippen MR) is 60.8 cm³/mol. The minimum absolute atomic E-state index is 0. The maximum absolute atomic E-state index is 11.4. The van der Waals surface area contributed by atoms with Gasteiger partial charge < -0.3 is 10.1 Å². The van der Waals surface area contributed by atoms with Crippen LogP contribution < -0.4 is 5.32 Å². The van der Waals surface area contributed by atoms with Gasteiger partial charge in [-0.05, 0) is 25.8 Å². The van der Waals surface area contributed by atoms with E-state index in [1.165, 1.54) is 0 Å². The highest BCUT2D eigenvalue weighted by atomic mass is 35.5. The maximum atomic E-state index is 11.4. The zero-order valence-corrected chi connectivity index (χ0v) is 10.3. The third kappa shape index (κ3) is 7.15. The molecule has 0 heterocycles. The molecule has 0 radical (unpaired) electrons. The number of hydrogen-bond acceptors (Lipinski definition) is 3. The molecule has 0 saturated carbocycles. The molecule has 0 spiro atoms. The summed E-state index contributed by atoms with van der Waals surface area (Å²) in [5, 5.41) is 2.97. The minimum Gasteiger partial charge on any atom is -0.465 e. The highest BCUT2D eigenvalue weighted by Crippen LogP contribution is 2.05. The average Bonchev–Trinajstić information content (AvgIpc) is 2.09. The van der Waals surface area contributed by atoms with Crippen molar-refractivity contribution in [3.05, 3.63) is 0 Å². The first-order valence-corrected chi connectivity index (χ1v) is 4.95. The van der Waals surface area contributed by atoms with Crippen LogP contribution in [0, 0.1) is 5.92 Å². The summed E-state index contributed by atoms with van der Waals surface area (Å²) in [6.45, 7) is 6.70. The third-order valence-electron chi connectivity index (χ3n) is 1.79. The van der Waals surface area contributed by atoms with Gasteiger partial charge in [-0.2, -0.15) is 0 Å². The lowest BCUT2D eigenvalue weighted by molar-refractivity contribution is -0.146. The van der Waals surface area contributed by atoms with Gasteiger partial charge in [-0.25, -0.2) is 0 Å². The molecule has 0 fully saturated rings. The number of carbonyl (C=O) groups is 1. The van der Waals surface area contributed by atoms with Crippen molar-refractivity contribution in [3.63, 3.8) is 0 Å². The van der Waals surface area contributed by atoms with Gasteiger partial charge in [0.05, 0.1) is 6.61 Å². The van der Waals surface area contributed by atoms with E-state index >= 15 is 0 Å². The smallest absolute Gasteiger partial charge is 0.323 e. The normalized spacial score (nSPS) is 12.1. The van der Waals surface area contributed by atoms with Gasteiger partial charge in [-0.15, -0.1) is 12.4 Å². The van der Waals surface area contributed by atoms with E-state index in [0.29, 0.717) is 12.5 Å². The second kappa shape index (κ2) is 9.28. The Morgan fingerprint density at radius 1 is 1.43 bits per heavy atom. The van der Waals surface area contributed by atoms with Crippen LogP contribution in [0.5, 0.6) is 0 Å². The summed E-state index contributed by atoms with van der Waals surface area (Å²) in [6, 6.07) is -0.147. The third-order valence-corrected chi connectivity index (χ3v) is 1.79. The van der Waals surface area contributed by atoms with Crippen molar-refractivity contribution >= 4 is 18.4 Å². The first-order chi connectivity index (χ1) is 6.11. The molecule has 0 rings (SSSR count). The summed E-state index contributed by atoms with van der Waals surface area (Å²) < 4.78 is 5.04. The molecular weight excluding hydrogens is 202 g/mol. The van der Waals surface area contributed by atoms with Crippen LogP contribution in [-0.2, 0) is 9.53 Å². The van der Waals surface area contributed by atoms with Crippen LogP contribution in [0.2, 0.25) is 0 Å². The van der Waals surface area contributed by atoms with Gasteiger partial charge >= 0.3 is 5.97 Å². The summed E-state index contributed by atoms with van der Waals surface area (Å²) >= 11 is 0. The Kier molecular flexibility index (Phi) is 10.7. The average molecular weight is 224 g/mol. The zero-order valence-electron chi connectivity index (χ0n) is 9.50. The molecule has 0 bridgehead atoms.